The molecule has 0 spiro atoms. The van der Waals surface area contributed by atoms with Crippen molar-refractivity contribution in [1.82, 2.24) is 4.90 Å². The van der Waals surface area contributed by atoms with Gasteiger partial charge >= 0.3 is 0 Å². The van der Waals surface area contributed by atoms with Gasteiger partial charge in [0, 0.05) is 19.5 Å². The minimum Gasteiger partial charge on any atom is -0.483 e. The van der Waals surface area contributed by atoms with E-state index in [9.17, 15) is 14.4 Å². The molecule has 0 saturated heterocycles. The maximum absolute atomic E-state index is 13.2. The highest BCUT2D eigenvalue weighted by atomic mass is 16.5. The Morgan fingerprint density at radius 3 is 2.62 bits per heavy atom. The molecular formula is C25H31N3O4. The van der Waals surface area contributed by atoms with E-state index in [1.165, 1.54) is 4.90 Å². The summed E-state index contributed by atoms with van der Waals surface area (Å²) >= 11 is 0. The normalized spacial score (nSPS) is 16.4. The molecule has 3 amide bonds. The van der Waals surface area contributed by atoms with Crippen LogP contribution in [0.5, 0.6) is 5.75 Å². The van der Waals surface area contributed by atoms with Crippen molar-refractivity contribution in [3.63, 3.8) is 0 Å². The minimum atomic E-state index is -0.326. The van der Waals surface area contributed by atoms with Crippen LogP contribution < -0.4 is 15.0 Å². The lowest BCUT2D eigenvalue weighted by Crippen LogP contribution is -2.46. The first kappa shape index (κ1) is 23.3. The molecule has 0 aromatic heterocycles. The number of anilines is 2. The van der Waals surface area contributed by atoms with Crippen LogP contribution in [-0.2, 0) is 14.4 Å². The highest BCUT2D eigenvalue weighted by Crippen LogP contribution is 2.31. The molecule has 32 heavy (non-hydrogen) atoms. The van der Waals surface area contributed by atoms with Gasteiger partial charge in [0.1, 0.15) is 5.75 Å². The molecule has 1 N–H and O–H groups in total. The number of likely N-dealkylation sites (N-methyl/N-ethyl adjacent to an activating group) is 1. The van der Waals surface area contributed by atoms with E-state index >= 15 is 0 Å². The van der Waals surface area contributed by atoms with E-state index in [1.807, 2.05) is 43.3 Å². The molecule has 2 atom stereocenters. The van der Waals surface area contributed by atoms with Gasteiger partial charge in [0.25, 0.3) is 5.91 Å². The second-order valence-corrected chi connectivity index (χ2v) is 8.27. The van der Waals surface area contributed by atoms with E-state index in [1.54, 1.807) is 24.1 Å². The lowest BCUT2D eigenvalue weighted by Gasteiger charge is -2.29. The molecule has 2 aromatic carbocycles. The molecule has 0 fully saturated rings. The Morgan fingerprint density at radius 2 is 1.88 bits per heavy atom. The number of ether oxygens (including phenoxy) is 1. The Morgan fingerprint density at radius 1 is 1.19 bits per heavy atom. The van der Waals surface area contributed by atoms with Crippen molar-refractivity contribution < 1.29 is 19.1 Å². The van der Waals surface area contributed by atoms with Crippen LogP contribution in [0.25, 0.3) is 0 Å². The molecule has 0 unspecified atom stereocenters. The topological polar surface area (TPSA) is 79.0 Å². The number of hydrogen-bond acceptors (Lipinski definition) is 4. The van der Waals surface area contributed by atoms with Gasteiger partial charge in [0.15, 0.2) is 6.61 Å². The van der Waals surface area contributed by atoms with Gasteiger partial charge in [-0.3, -0.25) is 14.4 Å². The monoisotopic (exact) mass is 437 g/mol. The Kier molecular flexibility index (Phi) is 7.51. The van der Waals surface area contributed by atoms with Gasteiger partial charge in [-0.05, 0) is 43.0 Å². The molecule has 1 aliphatic rings. The molecule has 0 saturated carbocycles. The number of fused-ring (bicyclic) bond motifs is 1. The van der Waals surface area contributed by atoms with Gasteiger partial charge < -0.3 is 19.9 Å². The van der Waals surface area contributed by atoms with Gasteiger partial charge in [-0.1, -0.05) is 44.2 Å². The third-order valence-corrected chi connectivity index (χ3v) is 5.84. The fourth-order valence-corrected chi connectivity index (χ4v) is 3.82. The summed E-state index contributed by atoms with van der Waals surface area (Å²) in [4.78, 5) is 41.0. The van der Waals surface area contributed by atoms with Crippen LogP contribution in [0.3, 0.4) is 0 Å². The van der Waals surface area contributed by atoms with E-state index in [2.05, 4.69) is 19.2 Å². The molecule has 7 nitrogen and oxygen atoms in total. The summed E-state index contributed by atoms with van der Waals surface area (Å²) in [6.45, 7) is 5.80. The molecule has 7 heteroatoms. The molecule has 170 valence electrons. The number of amides is 3. The van der Waals surface area contributed by atoms with Gasteiger partial charge in [-0.15, -0.1) is 0 Å². The van der Waals surface area contributed by atoms with E-state index in [0.717, 1.165) is 12.0 Å². The van der Waals surface area contributed by atoms with E-state index < -0.39 is 0 Å². The summed E-state index contributed by atoms with van der Waals surface area (Å²) < 4.78 is 5.81. The highest BCUT2D eigenvalue weighted by molar-refractivity contribution is 6.05. The maximum Gasteiger partial charge on any atom is 0.260 e. The summed E-state index contributed by atoms with van der Waals surface area (Å²) in [5, 5.41) is 2.84. The fourth-order valence-electron chi connectivity index (χ4n) is 3.82. The van der Waals surface area contributed by atoms with Crippen molar-refractivity contribution in [1.29, 1.82) is 0 Å². The van der Waals surface area contributed by atoms with Crippen LogP contribution >= 0.6 is 0 Å². The zero-order valence-corrected chi connectivity index (χ0v) is 19.1. The fraction of sp³-hybridized carbons (Fsp3) is 0.400. The third kappa shape index (κ3) is 5.28. The molecule has 0 aliphatic carbocycles. The first-order chi connectivity index (χ1) is 15.3. The quantitative estimate of drug-likeness (QED) is 0.715. The molecule has 0 bridgehead atoms. The van der Waals surface area contributed by atoms with Crippen LogP contribution in [0.4, 0.5) is 11.4 Å². The Balaban J connectivity index is 1.67. The van der Waals surface area contributed by atoms with Crippen LogP contribution in [0.15, 0.2) is 48.5 Å². The van der Waals surface area contributed by atoms with E-state index in [4.69, 9.17) is 4.74 Å². The summed E-state index contributed by atoms with van der Waals surface area (Å²) in [5.41, 5.74) is 2.29. The standard InChI is InChI=1S/C25H31N3O4/c1-5-17(2)19-10-6-9-13-22(19)32-16-25(31)27(4)15-24(30)28-18(3)14-23(29)26-20-11-7-8-12-21(20)28/h6-13,17-18H,5,14-16H2,1-4H3,(H,26,29)/t17-,18-/m1/s1. The van der Waals surface area contributed by atoms with Crippen LogP contribution in [0.2, 0.25) is 0 Å². The van der Waals surface area contributed by atoms with Crippen molar-refractivity contribution >= 4 is 29.1 Å². The number of rotatable bonds is 7. The highest BCUT2D eigenvalue weighted by Gasteiger charge is 2.30. The maximum atomic E-state index is 13.2. The smallest absolute Gasteiger partial charge is 0.260 e. The number of hydrogen-bond donors (Lipinski definition) is 1. The summed E-state index contributed by atoms with van der Waals surface area (Å²) in [6.07, 6.45) is 1.16. The van der Waals surface area contributed by atoms with E-state index in [0.29, 0.717) is 23.0 Å². The minimum absolute atomic E-state index is 0.109. The average molecular weight is 438 g/mol. The Bertz CT molecular complexity index is 991. The average Bonchev–Trinajstić information content (AvgIpc) is 2.90. The number of carbonyl (C=O) groups is 3. The first-order valence-corrected chi connectivity index (χ1v) is 11.0. The van der Waals surface area contributed by atoms with Crippen LogP contribution in [0, 0.1) is 0 Å². The summed E-state index contributed by atoms with van der Waals surface area (Å²) in [6, 6.07) is 14.6. The van der Waals surface area contributed by atoms with Crippen LogP contribution in [-0.4, -0.2) is 48.9 Å². The number of benzene rings is 2. The number of nitrogens with zero attached hydrogens (tertiary/aromatic N) is 2. The van der Waals surface area contributed by atoms with Gasteiger partial charge in [0.2, 0.25) is 11.8 Å². The second-order valence-electron chi connectivity index (χ2n) is 8.27. The first-order valence-electron chi connectivity index (χ1n) is 11.0. The third-order valence-electron chi connectivity index (χ3n) is 5.84. The van der Waals surface area contributed by atoms with Crippen molar-refractivity contribution in [2.45, 2.75) is 45.6 Å². The van der Waals surface area contributed by atoms with Gasteiger partial charge in [0.05, 0.1) is 17.9 Å². The molecule has 3 rings (SSSR count). The predicted octanol–water partition coefficient (Wildman–Crippen LogP) is 3.80. The SMILES string of the molecule is CC[C@@H](C)c1ccccc1OCC(=O)N(C)CC(=O)N1c2ccccc2NC(=O)C[C@H]1C. The number of carbonyl (C=O) groups excluding carboxylic acids is 3. The largest absolute Gasteiger partial charge is 0.483 e. The predicted molar refractivity (Wildman–Crippen MR) is 125 cm³/mol. The zero-order chi connectivity index (χ0) is 23.3. The van der Waals surface area contributed by atoms with E-state index in [-0.39, 0.29) is 43.3 Å². The van der Waals surface area contributed by atoms with Gasteiger partial charge in [-0.25, -0.2) is 0 Å². The van der Waals surface area contributed by atoms with Crippen LogP contribution in [0.1, 0.15) is 45.1 Å². The second kappa shape index (κ2) is 10.3. The zero-order valence-electron chi connectivity index (χ0n) is 19.1. The van der Waals surface area contributed by atoms with Crippen molar-refractivity contribution in [2.75, 3.05) is 30.4 Å². The molecule has 1 aliphatic heterocycles. The molecule has 1 heterocycles. The molecule has 2 aromatic rings. The Labute approximate surface area is 189 Å². The number of para-hydroxylation sites is 3. The Hall–Kier alpha value is -3.35. The summed E-state index contributed by atoms with van der Waals surface area (Å²) in [7, 11) is 1.59. The number of nitrogens with one attached hydrogen (secondary N) is 1. The lowest BCUT2D eigenvalue weighted by atomic mass is 9.98. The summed E-state index contributed by atoms with van der Waals surface area (Å²) in [5.74, 6) is 0.328. The van der Waals surface area contributed by atoms with Gasteiger partial charge in [-0.2, -0.15) is 0 Å². The van der Waals surface area contributed by atoms with Crippen molar-refractivity contribution in [2.24, 2.45) is 0 Å². The lowest BCUT2D eigenvalue weighted by molar-refractivity contribution is -0.135. The van der Waals surface area contributed by atoms with Crippen molar-refractivity contribution in [3.8, 4) is 5.75 Å². The van der Waals surface area contributed by atoms with Crippen molar-refractivity contribution in [3.05, 3.63) is 54.1 Å². The molecular weight excluding hydrogens is 406 g/mol. The molecule has 0 radical (unpaired) electrons.